The molecule has 0 fully saturated rings. The van der Waals surface area contributed by atoms with E-state index in [1.54, 1.807) is 0 Å². The number of benzene rings is 1. The third-order valence-electron chi connectivity index (χ3n) is 2.66. The summed E-state index contributed by atoms with van der Waals surface area (Å²) in [6.45, 7) is 4.11. The molecule has 0 radical (unpaired) electrons. The van der Waals surface area contributed by atoms with Crippen LogP contribution in [0, 0.1) is 0 Å². The summed E-state index contributed by atoms with van der Waals surface area (Å²) in [4.78, 5) is 0. The first-order valence-corrected chi connectivity index (χ1v) is 4.71. The predicted octanol–water partition coefficient (Wildman–Crippen LogP) is 1.90. The van der Waals surface area contributed by atoms with Crippen LogP contribution in [-0.4, -0.2) is 12.1 Å². The van der Waals surface area contributed by atoms with E-state index in [4.69, 9.17) is 10.5 Å². The van der Waals surface area contributed by atoms with Crippen LogP contribution in [0.3, 0.4) is 0 Å². The molecule has 70 valence electrons. The van der Waals surface area contributed by atoms with E-state index in [0.717, 1.165) is 5.75 Å². The summed E-state index contributed by atoms with van der Waals surface area (Å²) in [6.07, 6.45) is 0.206. The van der Waals surface area contributed by atoms with Crippen molar-refractivity contribution in [3.8, 4) is 5.75 Å². The maximum absolute atomic E-state index is 5.92. The van der Waals surface area contributed by atoms with Gasteiger partial charge in [0.15, 0.2) is 0 Å². The van der Waals surface area contributed by atoms with Crippen LogP contribution in [0.15, 0.2) is 24.3 Å². The fourth-order valence-corrected chi connectivity index (χ4v) is 2.10. The van der Waals surface area contributed by atoms with Crippen molar-refractivity contribution in [2.45, 2.75) is 31.9 Å². The summed E-state index contributed by atoms with van der Waals surface area (Å²) in [6, 6.07) is 8.30. The van der Waals surface area contributed by atoms with Crippen LogP contribution in [0.5, 0.6) is 5.75 Å². The SMILES string of the molecule is CC(N)C1c2ccccc2OC1C. The van der Waals surface area contributed by atoms with Crippen molar-refractivity contribution in [2.75, 3.05) is 0 Å². The smallest absolute Gasteiger partial charge is 0.123 e. The number of rotatable bonds is 1. The molecule has 0 saturated carbocycles. The fraction of sp³-hybridized carbons (Fsp3) is 0.455. The lowest BCUT2D eigenvalue weighted by Gasteiger charge is -2.18. The Kier molecular flexibility index (Phi) is 2.00. The Hall–Kier alpha value is -1.02. The summed E-state index contributed by atoms with van der Waals surface area (Å²) < 4.78 is 5.70. The third kappa shape index (κ3) is 1.31. The molecule has 0 aliphatic carbocycles. The highest BCUT2D eigenvalue weighted by atomic mass is 16.5. The van der Waals surface area contributed by atoms with Crippen LogP contribution in [0.1, 0.15) is 25.3 Å². The van der Waals surface area contributed by atoms with E-state index in [9.17, 15) is 0 Å². The van der Waals surface area contributed by atoms with Crippen molar-refractivity contribution < 1.29 is 4.74 Å². The number of ether oxygens (including phenoxy) is 1. The van der Waals surface area contributed by atoms with Gasteiger partial charge in [-0.3, -0.25) is 0 Å². The molecular weight excluding hydrogens is 162 g/mol. The van der Waals surface area contributed by atoms with E-state index in [0.29, 0.717) is 5.92 Å². The third-order valence-corrected chi connectivity index (χ3v) is 2.66. The highest BCUT2D eigenvalue weighted by Gasteiger charge is 2.33. The van der Waals surface area contributed by atoms with Gasteiger partial charge in [-0.1, -0.05) is 18.2 Å². The van der Waals surface area contributed by atoms with Gasteiger partial charge < -0.3 is 10.5 Å². The molecule has 1 aromatic carbocycles. The minimum absolute atomic E-state index is 0.152. The highest BCUT2D eigenvalue weighted by molar-refractivity contribution is 5.41. The monoisotopic (exact) mass is 177 g/mol. The Morgan fingerprint density at radius 3 is 2.77 bits per heavy atom. The zero-order valence-corrected chi connectivity index (χ0v) is 8.03. The van der Waals surface area contributed by atoms with Gasteiger partial charge in [0.1, 0.15) is 11.9 Å². The fourth-order valence-electron chi connectivity index (χ4n) is 2.10. The van der Waals surface area contributed by atoms with Gasteiger partial charge in [0.25, 0.3) is 0 Å². The summed E-state index contributed by atoms with van der Waals surface area (Å²) >= 11 is 0. The molecule has 0 amide bonds. The molecule has 2 N–H and O–H groups in total. The predicted molar refractivity (Wildman–Crippen MR) is 52.9 cm³/mol. The first-order valence-electron chi connectivity index (χ1n) is 4.71. The van der Waals surface area contributed by atoms with Crippen LogP contribution in [0.25, 0.3) is 0 Å². The number of fused-ring (bicyclic) bond motifs is 1. The average Bonchev–Trinajstić information content (AvgIpc) is 2.39. The first-order chi connectivity index (χ1) is 6.20. The molecule has 2 rings (SSSR count). The Bertz CT molecular complexity index is 309. The van der Waals surface area contributed by atoms with Crippen LogP contribution >= 0.6 is 0 Å². The van der Waals surface area contributed by atoms with E-state index in [2.05, 4.69) is 13.0 Å². The molecule has 0 saturated heterocycles. The summed E-state index contributed by atoms with van der Waals surface area (Å²) in [5.41, 5.74) is 7.18. The van der Waals surface area contributed by atoms with E-state index >= 15 is 0 Å². The van der Waals surface area contributed by atoms with Crippen LogP contribution in [-0.2, 0) is 0 Å². The van der Waals surface area contributed by atoms with Gasteiger partial charge in [-0.05, 0) is 19.9 Å². The Balaban J connectivity index is 2.40. The number of hydrogen-bond acceptors (Lipinski definition) is 2. The molecule has 3 unspecified atom stereocenters. The Morgan fingerprint density at radius 1 is 1.38 bits per heavy atom. The summed E-state index contributed by atoms with van der Waals surface area (Å²) in [7, 11) is 0. The van der Waals surface area contributed by atoms with Crippen molar-refractivity contribution in [1.29, 1.82) is 0 Å². The zero-order valence-electron chi connectivity index (χ0n) is 8.03. The molecule has 0 spiro atoms. The van der Waals surface area contributed by atoms with E-state index < -0.39 is 0 Å². The van der Waals surface area contributed by atoms with Crippen molar-refractivity contribution in [3.63, 3.8) is 0 Å². The zero-order chi connectivity index (χ0) is 9.42. The van der Waals surface area contributed by atoms with Gasteiger partial charge in [-0.25, -0.2) is 0 Å². The standard InChI is InChI=1S/C11H15NO/c1-7(12)11-8(2)13-10-6-4-3-5-9(10)11/h3-8,11H,12H2,1-2H3. The van der Waals surface area contributed by atoms with Crippen LogP contribution in [0.2, 0.25) is 0 Å². The van der Waals surface area contributed by atoms with Crippen molar-refractivity contribution in [2.24, 2.45) is 5.73 Å². The Labute approximate surface area is 78.7 Å². The maximum atomic E-state index is 5.92. The first kappa shape index (κ1) is 8.57. The minimum Gasteiger partial charge on any atom is -0.490 e. The second-order valence-electron chi connectivity index (χ2n) is 3.75. The molecule has 2 heteroatoms. The topological polar surface area (TPSA) is 35.2 Å². The molecular formula is C11H15NO. The number of para-hydroxylation sites is 1. The summed E-state index contributed by atoms with van der Waals surface area (Å²) in [5, 5.41) is 0. The van der Waals surface area contributed by atoms with Crippen LogP contribution in [0.4, 0.5) is 0 Å². The van der Waals surface area contributed by atoms with Crippen molar-refractivity contribution in [1.82, 2.24) is 0 Å². The Morgan fingerprint density at radius 2 is 2.08 bits per heavy atom. The lowest BCUT2D eigenvalue weighted by Crippen LogP contribution is -2.30. The summed E-state index contributed by atoms with van der Waals surface area (Å²) in [5.74, 6) is 1.34. The quantitative estimate of drug-likeness (QED) is 0.711. The van der Waals surface area contributed by atoms with Gasteiger partial charge in [0.05, 0.1) is 0 Å². The van der Waals surface area contributed by atoms with Gasteiger partial charge in [0.2, 0.25) is 0 Å². The highest BCUT2D eigenvalue weighted by Crippen LogP contribution is 2.38. The molecule has 2 nitrogen and oxygen atoms in total. The van der Waals surface area contributed by atoms with Crippen molar-refractivity contribution >= 4 is 0 Å². The maximum Gasteiger partial charge on any atom is 0.123 e. The lowest BCUT2D eigenvalue weighted by molar-refractivity contribution is 0.215. The second kappa shape index (κ2) is 3.04. The molecule has 1 aromatic rings. The normalized spacial score (nSPS) is 27.9. The molecule has 0 bridgehead atoms. The molecule has 3 atom stereocenters. The van der Waals surface area contributed by atoms with Gasteiger partial charge >= 0.3 is 0 Å². The lowest BCUT2D eigenvalue weighted by atomic mass is 9.90. The molecule has 0 aromatic heterocycles. The largest absolute Gasteiger partial charge is 0.490 e. The van der Waals surface area contributed by atoms with Gasteiger partial charge in [-0.15, -0.1) is 0 Å². The van der Waals surface area contributed by atoms with Crippen LogP contribution < -0.4 is 10.5 Å². The van der Waals surface area contributed by atoms with Crippen molar-refractivity contribution in [3.05, 3.63) is 29.8 Å². The minimum atomic E-state index is 0.152. The molecule has 13 heavy (non-hydrogen) atoms. The number of nitrogens with two attached hydrogens (primary N) is 1. The van der Waals surface area contributed by atoms with Gasteiger partial charge in [0, 0.05) is 17.5 Å². The van der Waals surface area contributed by atoms with Gasteiger partial charge in [-0.2, -0.15) is 0 Å². The second-order valence-corrected chi connectivity index (χ2v) is 3.75. The molecule has 1 aliphatic heterocycles. The average molecular weight is 177 g/mol. The number of hydrogen-bond donors (Lipinski definition) is 1. The van der Waals surface area contributed by atoms with E-state index in [1.165, 1.54) is 5.56 Å². The molecule has 1 heterocycles. The van der Waals surface area contributed by atoms with E-state index in [1.807, 2.05) is 25.1 Å². The van der Waals surface area contributed by atoms with E-state index in [-0.39, 0.29) is 12.1 Å². The molecule has 1 aliphatic rings.